The third-order valence-corrected chi connectivity index (χ3v) is 5.34. The summed E-state index contributed by atoms with van der Waals surface area (Å²) in [7, 11) is 0. The van der Waals surface area contributed by atoms with Crippen LogP contribution in [0.15, 0.2) is 49.3 Å². The number of imidazole rings is 2. The number of nitrogens with one attached hydrogen (secondary N) is 1. The van der Waals surface area contributed by atoms with Gasteiger partial charge in [-0.05, 0) is 37.1 Å². The van der Waals surface area contributed by atoms with Crippen LogP contribution in [-0.4, -0.2) is 29.1 Å². The van der Waals surface area contributed by atoms with Gasteiger partial charge in [0.15, 0.2) is 11.5 Å². The highest BCUT2D eigenvalue weighted by molar-refractivity contribution is 5.83. The molecule has 4 aromatic rings. The van der Waals surface area contributed by atoms with Crippen LogP contribution in [0.2, 0.25) is 0 Å². The molecule has 0 saturated heterocycles. The Labute approximate surface area is 162 Å². The third-order valence-electron chi connectivity index (χ3n) is 5.34. The molecular formula is C20H22N8. The van der Waals surface area contributed by atoms with Crippen molar-refractivity contribution in [1.29, 1.82) is 0 Å². The molecule has 0 spiro atoms. The molecule has 0 bridgehead atoms. The van der Waals surface area contributed by atoms with E-state index in [0.29, 0.717) is 23.3 Å². The molecule has 1 saturated carbocycles. The Morgan fingerprint density at radius 3 is 2.57 bits per heavy atom. The lowest BCUT2D eigenvalue weighted by Crippen LogP contribution is -2.13. The van der Waals surface area contributed by atoms with Crippen LogP contribution in [0.4, 0.5) is 17.5 Å². The van der Waals surface area contributed by atoms with Gasteiger partial charge in [-0.15, -0.1) is 0 Å². The number of benzene rings is 1. The highest BCUT2D eigenvalue weighted by Gasteiger charge is 2.20. The molecule has 0 unspecified atom stereocenters. The number of rotatable bonds is 4. The number of hydrogen-bond donors (Lipinski definition) is 2. The topological polar surface area (TPSA) is 99.5 Å². The van der Waals surface area contributed by atoms with Crippen molar-refractivity contribution in [3.8, 4) is 5.69 Å². The molecule has 0 atom stereocenters. The van der Waals surface area contributed by atoms with Crippen LogP contribution in [0, 0.1) is 0 Å². The summed E-state index contributed by atoms with van der Waals surface area (Å²) in [6.45, 7) is 0. The van der Waals surface area contributed by atoms with Gasteiger partial charge in [0, 0.05) is 29.8 Å². The second-order valence-electron chi connectivity index (χ2n) is 7.19. The summed E-state index contributed by atoms with van der Waals surface area (Å²) < 4.78 is 4.12. The van der Waals surface area contributed by atoms with E-state index in [4.69, 9.17) is 10.7 Å². The van der Waals surface area contributed by atoms with Crippen LogP contribution in [-0.2, 0) is 0 Å². The number of fused-ring (bicyclic) bond motifs is 1. The molecule has 1 aliphatic carbocycles. The molecule has 3 N–H and O–H groups in total. The highest BCUT2D eigenvalue weighted by atomic mass is 15.2. The second-order valence-corrected chi connectivity index (χ2v) is 7.19. The van der Waals surface area contributed by atoms with Gasteiger partial charge in [-0.3, -0.25) is 0 Å². The van der Waals surface area contributed by atoms with Crippen molar-refractivity contribution in [3.05, 3.63) is 49.3 Å². The molecule has 1 aliphatic rings. The summed E-state index contributed by atoms with van der Waals surface area (Å²) in [4.78, 5) is 17.6. The molecule has 142 valence electrons. The lowest BCUT2D eigenvalue weighted by molar-refractivity contribution is 0.358. The molecule has 3 heterocycles. The Bertz CT molecular complexity index is 1080. The first-order valence-corrected chi connectivity index (χ1v) is 9.63. The predicted molar refractivity (Wildman–Crippen MR) is 109 cm³/mol. The van der Waals surface area contributed by atoms with E-state index in [-0.39, 0.29) is 0 Å². The largest absolute Gasteiger partial charge is 0.382 e. The summed E-state index contributed by atoms with van der Waals surface area (Å²) >= 11 is 0. The van der Waals surface area contributed by atoms with Crippen molar-refractivity contribution < 1.29 is 0 Å². The molecule has 8 nitrogen and oxygen atoms in total. The van der Waals surface area contributed by atoms with Crippen LogP contribution in [0.25, 0.3) is 16.9 Å². The van der Waals surface area contributed by atoms with Crippen molar-refractivity contribution >= 4 is 28.6 Å². The average Bonchev–Trinajstić information content (AvgIpc) is 3.40. The van der Waals surface area contributed by atoms with Gasteiger partial charge in [0.1, 0.15) is 5.52 Å². The van der Waals surface area contributed by atoms with Crippen LogP contribution >= 0.6 is 0 Å². The lowest BCUT2D eigenvalue weighted by atomic mass is 9.95. The van der Waals surface area contributed by atoms with Gasteiger partial charge in [0.25, 0.3) is 0 Å². The third kappa shape index (κ3) is 3.06. The number of aromatic nitrogens is 6. The van der Waals surface area contributed by atoms with Crippen LogP contribution < -0.4 is 11.1 Å². The standard InChI is InChI=1S/C20H22N8/c21-18-17-19(28(13-23-17)16-4-2-1-3-5-16)26-20(25-18)24-14-6-8-15(9-7-14)27-11-10-22-12-27/h6-13,16H,1-5H2,(H3,21,24,25,26). The predicted octanol–water partition coefficient (Wildman–Crippen LogP) is 3.84. The summed E-state index contributed by atoms with van der Waals surface area (Å²) in [6.07, 6.45) is 13.4. The number of nitrogens with zero attached hydrogens (tertiary/aromatic N) is 6. The van der Waals surface area contributed by atoms with E-state index >= 15 is 0 Å². The molecule has 1 fully saturated rings. The maximum Gasteiger partial charge on any atom is 0.231 e. The fourth-order valence-corrected chi connectivity index (χ4v) is 3.88. The van der Waals surface area contributed by atoms with Crippen molar-refractivity contribution in [2.75, 3.05) is 11.1 Å². The van der Waals surface area contributed by atoms with Gasteiger partial charge in [0.05, 0.1) is 12.7 Å². The molecule has 0 aliphatic heterocycles. The molecular weight excluding hydrogens is 352 g/mol. The minimum Gasteiger partial charge on any atom is -0.382 e. The molecule has 5 rings (SSSR count). The fourth-order valence-electron chi connectivity index (χ4n) is 3.88. The highest BCUT2D eigenvalue weighted by Crippen LogP contribution is 2.31. The van der Waals surface area contributed by atoms with Crippen LogP contribution in [0.1, 0.15) is 38.1 Å². The zero-order valence-corrected chi connectivity index (χ0v) is 15.5. The van der Waals surface area contributed by atoms with E-state index in [9.17, 15) is 0 Å². The molecule has 3 aromatic heterocycles. The van der Waals surface area contributed by atoms with Gasteiger partial charge in [-0.25, -0.2) is 9.97 Å². The molecule has 0 amide bonds. The van der Waals surface area contributed by atoms with E-state index < -0.39 is 0 Å². The quantitative estimate of drug-likeness (QED) is 0.563. The smallest absolute Gasteiger partial charge is 0.231 e. The summed E-state index contributed by atoms with van der Waals surface area (Å²) in [5.41, 5.74) is 9.57. The Balaban J connectivity index is 1.44. The molecule has 8 heteroatoms. The van der Waals surface area contributed by atoms with E-state index in [1.165, 1.54) is 19.3 Å². The monoisotopic (exact) mass is 374 g/mol. The Kier molecular flexibility index (Phi) is 4.16. The minimum absolute atomic E-state index is 0.400. The Hall–Kier alpha value is -3.42. The van der Waals surface area contributed by atoms with Crippen LogP contribution in [0.5, 0.6) is 0 Å². The van der Waals surface area contributed by atoms with Gasteiger partial charge < -0.3 is 20.2 Å². The van der Waals surface area contributed by atoms with Gasteiger partial charge in [-0.1, -0.05) is 19.3 Å². The maximum absolute atomic E-state index is 6.16. The van der Waals surface area contributed by atoms with Crippen molar-refractivity contribution in [2.24, 2.45) is 0 Å². The number of hydrogen-bond acceptors (Lipinski definition) is 6. The van der Waals surface area contributed by atoms with Gasteiger partial charge >= 0.3 is 0 Å². The van der Waals surface area contributed by atoms with Crippen molar-refractivity contribution in [3.63, 3.8) is 0 Å². The SMILES string of the molecule is Nc1nc(Nc2ccc(-n3ccnc3)cc2)nc2c1ncn2C1CCCCC1. The van der Waals surface area contributed by atoms with Crippen molar-refractivity contribution in [1.82, 2.24) is 29.1 Å². The van der Waals surface area contributed by atoms with Crippen LogP contribution in [0.3, 0.4) is 0 Å². The van der Waals surface area contributed by atoms with Crippen molar-refractivity contribution in [2.45, 2.75) is 38.1 Å². The number of nitrogens with two attached hydrogens (primary N) is 1. The summed E-state index contributed by atoms with van der Waals surface area (Å²) in [6, 6.07) is 8.43. The summed E-state index contributed by atoms with van der Waals surface area (Å²) in [5, 5.41) is 3.26. The number of anilines is 3. The Morgan fingerprint density at radius 2 is 1.82 bits per heavy atom. The first-order valence-electron chi connectivity index (χ1n) is 9.63. The lowest BCUT2D eigenvalue weighted by Gasteiger charge is -2.23. The first-order chi connectivity index (χ1) is 13.8. The first kappa shape index (κ1) is 16.7. The average molecular weight is 374 g/mol. The normalized spacial score (nSPS) is 15.1. The molecule has 28 heavy (non-hydrogen) atoms. The minimum atomic E-state index is 0.400. The zero-order valence-electron chi connectivity index (χ0n) is 15.5. The van der Waals surface area contributed by atoms with E-state index in [1.807, 2.05) is 41.4 Å². The van der Waals surface area contributed by atoms with Gasteiger partial charge in [-0.2, -0.15) is 9.97 Å². The van der Waals surface area contributed by atoms with E-state index in [1.54, 1.807) is 12.5 Å². The Morgan fingerprint density at radius 1 is 1.00 bits per heavy atom. The molecule has 1 aromatic carbocycles. The van der Waals surface area contributed by atoms with Gasteiger partial charge in [0.2, 0.25) is 5.95 Å². The molecule has 0 radical (unpaired) electrons. The van der Waals surface area contributed by atoms with E-state index in [2.05, 4.69) is 24.8 Å². The number of nitrogen functional groups attached to an aromatic ring is 1. The fraction of sp³-hybridized carbons (Fsp3) is 0.300. The summed E-state index contributed by atoms with van der Waals surface area (Å²) in [5.74, 6) is 0.884. The second kappa shape index (κ2) is 6.95. The maximum atomic E-state index is 6.16. The van der Waals surface area contributed by atoms with E-state index in [0.717, 1.165) is 29.9 Å². The zero-order chi connectivity index (χ0) is 18.9.